The molecule has 1 aliphatic rings. The molecule has 4 nitrogen and oxygen atoms in total. The molecule has 19 heavy (non-hydrogen) atoms. The lowest BCUT2D eigenvalue weighted by Gasteiger charge is -2.20. The van der Waals surface area contributed by atoms with Gasteiger partial charge in [0.15, 0.2) is 0 Å². The summed E-state index contributed by atoms with van der Waals surface area (Å²) < 4.78 is 0. The Morgan fingerprint density at radius 1 is 1.21 bits per heavy atom. The molecule has 1 saturated heterocycles. The van der Waals surface area contributed by atoms with Gasteiger partial charge in [0.2, 0.25) is 5.91 Å². The van der Waals surface area contributed by atoms with Crippen molar-refractivity contribution in [2.24, 2.45) is 0 Å². The summed E-state index contributed by atoms with van der Waals surface area (Å²) in [5.74, 6) is 0.0760. The zero-order valence-corrected chi connectivity index (χ0v) is 11.9. The van der Waals surface area contributed by atoms with Gasteiger partial charge in [-0.3, -0.25) is 9.59 Å². The van der Waals surface area contributed by atoms with Gasteiger partial charge in [-0.2, -0.15) is 0 Å². The molecule has 2 heterocycles. The van der Waals surface area contributed by atoms with Crippen molar-refractivity contribution in [2.45, 2.75) is 32.1 Å². The standard InChI is InChI=1S/C14H20N2O2S/c17-13(16-9-3-1-2-4-10-16)7-8-15-14(18)12-6-5-11-19-12/h5-6,11H,1-4,7-10H2,(H,15,18). The van der Waals surface area contributed by atoms with Gasteiger partial charge in [0.25, 0.3) is 5.91 Å². The number of carbonyl (C=O) groups excluding carboxylic acids is 2. The minimum Gasteiger partial charge on any atom is -0.351 e. The van der Waals surface area contributed by atoms with Gasteiger partial charge in [0.1, 0.15) is 0 Å². The number of nitrogens with zero attached hydrogens (tertiary/aromatic N) is 1. The highest BCUT2D eigenvalue weighted by atomic mass is 32.1. The fourth-order valence-corrected chi connectivity index (χ4v) is 2.90. The van der Waals surface area contributed by atoms with E-state index in [-0.39, 0.29) is 11.8 Å². The van der Waals surface area contributed by atoms with E-state index in [1.165, 1.54) is 24.2 Å². The second-order valence-electron chi connectivity index (χ2n) is 4.78. The fraction of sp³-hybridized carbons (Fsp3) is 0.571. The first-order valence-corrected chi connectivity index (χ1v) is 7.75. The van der Waals surface area contributed by atoms with Crippen LogP contribution in [0.2, 0.25) is 0 Å². The van der Waals surface area contributed by atoms with E-state index in [1.807, 2.05) is 16.3 Å². The van der Waals surface area contributed by atoms with Crippen LogP contribution in [0, 0.1) is 0 Å². The van der Waals surface area contributed by atoms with E-state index < -0.39 is 0 Å². The summed E-state index contributed by atoms with van der Waals surface area (Å²) in [4.78, 5) is 26.3. The first-order chi connectivity index (χ1) is 9.27. The largest absolute Gasteiger partial charge is 0.351 e. The monoisotopic (exact) mass is 280 g/mol. The molecule has 1 aromatic rings. The minimum atomic E-state index is -0.0846. The number of nitrogens with one attached hydrogen (secondary N) is 1. The molecule has 0 aliphatic carbocycles. The number of hydrogen-bond donors (Lipinski definition) is 1. The Balaban J connectivity index is 1.70. The van der Waals surface area contributed by atoms with E-state index in [0.717, 1.165) is 25.9 Å². The molecule has 2 rings (SSSR count). The van der Waals surface area contributed by atoms with E-state index in [4.69, 9.17) is 0 Å². The van der Waals surface area contributed by atoms with E-state index in [9.17, 15) is 9.59 Å². The van der Waals surface area contributed by atoms with Crippen LogP contribution >= 0.6 is 11.3 Å². The van der Waals surface area contributed by atoms with Crippen molar-refractivity contribution < 1.29 is 9.59 Å². The van der Waals surface area contributed by atoms with Gasteiger partial charge in [-0.15, -0.1) is 11.3 Å². The Hall–Kier alpha value is -1.36. The van der Waals surface area contributed by atoms with Crippen LogP contribution in [0.25, 0.3) is 0 Å². The second kappa shape index (κ2) is 7.28. The quantitative estimate of drug-likeness (QED) is 0.920. The van der Waals surface area contributed by atoms with E-state index in [0.29, 0.717) is 17.8 Å². The number of rotatable bonds is 4. The van der Waals surface area contributed by atoms with Crippen LogP contribution in [0.5, 0.6) is 0 Å². The average molecular weight is 280 g/mol. The van der Waals surface area contributed by atoms with Crippen LogP contribution in [-0.2, 0) is 4.79 Å². The number of hydrogen-bond acceptors (Lipinski definition) is 3. The van der Waals surface area contributed by atoms with Crippen LogP contribution in [0.3, 0.4) is 0 Å². The Bertz CT molecular complexity index is 409. The molecule has 1 fully saturated rings. The van der Waals surface area contributed by atoms with Gasteiger partial charge in [-0.05, 0) is 24.3 Å². The Labute approximate surface area is 117 Å². The molecular formula is C14H20N2O2S. The zero-order valence-electron chi connectivity index (χ0n) is 11.1. The van der Waals surface area contributed by atoms with E-state index >= 15 is 0 Å². The summed E-state index contributed by atoms with van der Waals surface area (Å²) in [5, 5.41) is 4.67. The van der Waals surface area contributed by atoms with Crippen molar-refractivity contribution in [2.75, 3.05) is 19.6 Å². The molecule has 0 bridgehead atoms. The maximum Gasteiger partial charge on any atom is 0.261 e. The highest BCUT2D eigenvalue weighted by Crippen LogP contribution is 2.11. The third-order valence-corrected chi connectivity index (χ3v) is 4.20. The molecule has 0 saturated carbocycles. The van der Waals surface area contributed by atoms with Crippen LogP contribution in [-0.4, -0.2) is 36.3 Å². The SMILES string of the molecule is O=C(NCCC(=O)N1CCCCCC1)c1cccs1. The van der Waals surface area contributed by atoms with Gasteiger partial charge in [0.05, 0.1) is 4.88 Å². The summed E-state index contributed by atoms with van der Waals surface area (Å²) in [7, 11) is 0. The number of carbonyl (C=O) groups is 2. The number of likely N-dealkylation sites (tertiary alicyclic amines) is 1. The average Bonchev–Trinajstić information content (AvgIpc) is 2.81. The molecule has 0 unspecified atom stereocenters. The lowest BCUT2D eigenvalue weighted by Crippen LogP contribution is -2.35. The molecular weight excluding hydrogens is 260 g/mol. The van der Waals surface area contributed by atoms with Crippen molar-refractivity contribution in [1.29, 1.82) is 0 Å². The van der Waals surface area contributed by atoms with E-state index in [2.05, 4.69) is 5.32 Å². The third-order valence-electron chi connectivity index (χ3n) is 3.33. The molecule has 0 spiro atoms. The highest BCUT2D eigenvalue weighted by Gasteiger charge is 2.15. The van der Waals surface area contributed by atoms with Gasteiger partial charge in [-0.25, -0.2) is 0 Å². The van der Waals surface area contributed by atoms with Crippen molar-refractivity contribution >= 4 is 23.2 Å². The summed E-state index contributed by atoms with van der Waals surface area (Å²) in [6, 6.07) is 3.64. The Morgan fingerprint density at radius 3 is 2.58 bits per heavy atom. The third kappa shape index (κ3) is 4.35. The molecule has 2 amide bonds. The summed E-state index contributed by atoms with van der Waals surface area (Å²) in [5.41, 5.74) is 0. The first kappa shape index (κ1) is 14.1. The fourth-order valence-electron chi connectivity index (χ4n) is 2.26. The first-order valence-electron chi connectivity index (χ1n) is 6.87. The normalized spacial score (nSPS) is 15.9. The minimum absolute atomic E-state index is 0.0846. The smallest absolute Gasteiger partial charge is 0.261 e. The predicted molar refractivity (Wildman–Crippen MR) is 76.3 cm³/mol. The van der Waals surface area contributed by atoms with Crippen LogP contribution in [0.1, 0.15) is 41.8 Å². The molecule has 1 aromatic heterocycles. The number of amides is 2. The molecule has 1 aliphatic heterocycles. The van der Waals surface area contributed by atoms with Crippen molar-refractivity contribution in [3.8, 4) is 0 Å². The molecule has 1 N–H and O–H groups in total. The Kier molecular flexibility index (Phi) is 5.39. The molecule has 5 heteroatoms. The molecule has 0 aromatic carbocycles. The van der Waals surface area contributed by atoms with Gasteiger partial charge < -0.3 is 10.2 Å². The molecule has 104 valence electrons. The van der Waals surface area contributed by atoms with Crippen LogP contribution in [0.4, 0.5) is 0 Å². The maximum absolute atomic E-state index is 12.0. The van der Waals surface area contributed by atoms with Gasteiger partial charge >= 0.3 is 0 Å². The second-order valence-corrected chi connectivity index (χ2v) is 5.73. The molecule has 0 radical (unpaired) electrons. The topological polar surface area (TPSA) is 49.4 Å². The summed E-state index contributed by atoms with van der Waals surface area (Å²) in [6.07, 6.45) is 5.05. The highest BCUT2D eigenvalue weighted by molar-refractivity contribution is 7.12. The summed E-state index contributed by atoms with van der Waals surface area (Å²) >= 11 is 1.41. The van der Waals surface area contributed by atoms with Crippen molar-refractivity contribution in [3.63, 3.8) is 0 Å². The maximum atomic E-state index is 12.0. The Morgan fingerprint density at radius 2 is 1.95 bits per heavy atom. The van der Waals surface area contributed by atoms with Crippen LogP contribution < -0.4 is 5.32 Å². The lowest BCUT2D eigenvalue weighted by molar-refractivity contribution is -0.131. The lowest BCUT2D eigenvalue weighted by atomic mass is 10.2. The van der Waals surface area contributed by atoms with Crippen molar-refractivity contribution in [1.82, 2.24) is 10.2 Å². The van der Waals surface area contributed by atoms with Gasteiger partial charge in [-0.1, -0.05) is 18.9 Å². The predicted octanol–water partition coefficient (Wildman–Crippen LogP) is 2.27. The molecule has 0 atom stereocenters. The van der Waals surface area contributed by atoms with Crippen molar-refractivity contribution in [3.05, 3.63) is 22.4 Å². The zero-order chi connectivity index (χ0) is 13.5. The van der Waals surface area contributed by atoms with E-state index in [1.54, 1.807) is 6.07 Å². The van der Waals surface area contributed by atoms with Crippen LogP contribution in [0.15, 0.2) is 17.5 Å². The number of thiophene rings is 1. The summed E-state index contributed by atoms with van der Waals surface area (Å²) in [6.45, 7) is 2.17. The van der Waals surface area contributed by atoms with Gasteiger partial charge in [0, 0.05) is 26.1 Å².